The molecule has 0 unspecified atom stereocenters. The quantitative estimate of drug-likeness (QED) is 0.774. The molecule has 2 heterocycles. The monoisotopic (exact) mass is 296 g/mol. The van der Waals surface area contributed by atoms with Crippen molar-refractivity contribution in [2.24, 2.45) is 5.92 Å². The predicted molar refractivity (Wildman–Crippen MR) is 84.6 cm³/mol. The van der Waals surface area contributed by atoms with E-state index in [0.29, 0.717) is 18.3 Å². The molecule has 0 bridgehead atoms. The van der Waals surface area contributed by atoms with E-state index in [0.717, 1.165) is 12.5 Å². The maximum Gasteiger partial charge on any atom is 0.0603 e. The van der Waals surface area contributed by atoms with E-state index in [-0.39, 0.29) is 0 Å². The van der Waals surface area contributed by atoms with Crippen LogP contribution in [0.1, 0.15) is 38.5 Å². The predicted octanol–water partition coefficient (Wildman–Crippen LogP) is 1.99. The van der Waals surface area contributed by atoms with E-state index < -0.39 is 0 Å². The Hall–Kier alpha value is -0.160. The molecule has 0 spiro atoms. The van der Waals surface area contributed by atoms with Crippen LogP contribution in [0, 0.1) is 5.92 Å². The van der Waals surface area contributed by atoms with E-state index >= 15 is 0 Å². The SMILES string of the molecule is CN1CCC(OCC2CC(OC3CCN(C)CC3)C2)CC1. The van der Waals surface area contributed by atoms with Crippen molar-refractivity contribution in [3.05, 3.63) is 0 Å². The van der Waals surface area contributed by atoms with Crippen LogP contribution in [-0.4, -0.2) is 75.0 Å². The van der Waals surface area contributed by atoms with Crippen LogP contribution in [0.4, 0.5) is 0 Å². The topological polar surface area (TPSA) is 24.9 Å². The lowest BCUT2D eigenvalue weighted by Crippen LogP contribution is -2.42. The minimum Gasteiger partial charge on any atom is -0.378 e. The standard InChI is InChI=1S/C17H32N2O2/c1-18-7-3-15(4-8-18)20-13-14-11-17(12-14)21-16-5-9-19(2)10-6-16/h14-17H,3-13H2,1-2H3. The molecule has 0 radical (unpaired) electrons. The number of hydrogen-bond donors (Lipinski definition) is 0. The fraction of sp³-hybridized carbons (Fsp3) is 1.00. The van der Waals surface area contributed by atoms with Gasteiger partial charge in [0.2, 0.25) is 0 Å². The van der Waals surface area contributed by atoms with Crippen molar-refractivity contribution < 1.29 is 9.47 Å². The highest BCUT2D eigenvalue weighted by atomic mass is 16.5. The summed E-state index contributed by atoms with van der Waals surface area (Å²) in [5.41, 5.74) is 0. The van der Waals surface area contributed by atoms with Gasteiger partial charge < -0.3 is 19.3 Å². The first-order valence-corrected chi connectivity index (χ1v) is 8.83. The first kappa shape index (κ1) is 15.7. The molecule has 0 aromatic rings. The van der Waals surface area contributed by atoms with E-state index in [4.69, 9.17) is 9.47 Å². The van der Waals surface area contributed by atoms with Gasteiger partial charge in [-0.3, -0.25) is 0 Å². The van der Waals surface area contributed by atoms with E-state index in [1.54, 1.807) is 0 Å². The van der Waals surface area contributed by atoms with Crippen molar-refractivity contribution in [3.63, 3.8) is 0 Å². The summed E-state index contributed by atoms with van der Waals surface area (Å²) >= 11 is 0. The lowest BCUT2D eigenvalue weighted by atomic mass is 9.82. The van der Waals surface area contributed by atoms with E-state index in [9.17, 15) is 0 Å². The Balaban J connectivity index is 1.24. The Morgan fingerprint density at radius 1 is 0.762 bits per heavy atom. The van der Waals surface area contributed by atoms with Crippen LogP contribution in [-0.2, 0) is 9.47 Å². The Bertz CT molecular complexity index is 304. The Kier molecular flexibility index (Phi) is 5.54. The van der Waals surface area contributed by atoms with Crippen LogP contribution in [0.2, 0.25) is 0 Å². The zero-order valence-corrected chi connectivity index (χ0v) is 13.8. The van der Waals surface area contributed by atoms with E-state index in [1.165, 1.54) is 64.7 Å². The lowest BCUT2D eigenvalue weighted by Gasteiger charge is -2.40. The molecule has 3 aliphatic rings. The van der Waals surface area contributed by atoms with Crippen LogP contribution in [0.25, 0.3) is 0 Å². The second-order valence-electron chi connectivity index (χ2n) is 7.43. The van der Waals surface area contributed by atoms with Crippen LogP contribution in [0.15, 0.2) is 0 Å². The summed E-state index contributed by atoms with van der Waals surface area (Å²) in [6.45, 7) is 5.73. The third-order valence-corrected chi connectivity index (χ3v) is 5.48. The maximum atomic E-state index is 6.22. The molecule has 0 atom stereocenters. The zero-order valence-electron chi connectivity index (χ0n) is 13.8. The molecule has 1 saturated carbocycles. The fourth-order valence-electron chi connectivity index (χ4n) is 3.74. The fourth-order valence-corrected chi connectivity index (χ4v) is 3.74. The number of likely N-dealkylation sites (tertiary alicyclic amines) is 2. The number of rotatable bonds is 5. The minimum atomic E-state index is 0.509. The van der Waals surface area contributed by atoms with Crippen LogP contribution < -0.4 is 0 Å². The molecular weight excluding hydrogens is 264 g/mol. The van der Waals surface area contributed by atoms with Gasteiger partial charge in [0.15, 0.2) is 0 Å². The summed E-state index contributed by atoms with van der Waals surface area (Å²) in [6.07, 6.45) is 8.82. The van der Waals surface area contributed by atoms with Gasteiger partial charge in [0.25, 0.3) is 0 Å². The second-order valence-corrected chi connectivity index (χ2v) is 7.43. The summed E-state index contributed by atoms with van der Waals surface area (Å²) in [5.74, 6) is 0.751. The van der Waals surface area contributed by atoms with Crippen LogP contribution >= 0.6 is 0 Å². The molecule has 3 fully saturated rings. The normalized spacial score (nSPS) is 34.0. The summed E-state index contributed by atoms with van der Waals surface area (Å²) in [7, 11) is 4.41. The molecule has 21 heavy (non-hydrogen) atoms. The Morgan fingerprint density at radius 3 is 1.86 bits per heavy atom. The number of hydrogen-bond acceptors (Lipinski definition) is 4. The number of piperidine rings is 2. The molecule has 0 N–H and O–H groups in total. The van der Waals surface area contributed by atoms with Crippen molar-refractivity contribution in [1.29, 1.82) is 0 Å². The van der Waals surface area contributed by atoms with Crippen molar-refractivity contribution in [2.45, 2.75) is 56.8 Å². The highest BCUT2D eigenvalue weighted by molar-refractivity contribution is 4.83. The van der Waals surface area contributed by atoms with Gasteiger partial charge in [-0.25, -0.2) is 0 Å². The Labute approximate surface area is 129 Å². The summed E-state index contributed by atoms with van der Waals surface area (Å²) in [4.78, 5) is 4.80. The number of nitrogens with zero attached hydrogens (tertiary/aromatic N) is 2. The molecule has 0 aromatic heterocycles. The maximum absolute atomic E-state index is 6.22. The first-order valence-electron chi connectivity index (χ1n) is 8.83. The van der Waals surface area contributed by atoms with Crippen LogP contribution in [0.3, 0.4) is 0 Å². The molecule has 122 valence electrons. The summed E-state index contributed by atoms with van der Waals surface area (Å²) in [6, 6.07) is 0. The largest absolute Gasteiger partial charge is 0.378 e. The molecular formula is C17H32N2O2. The van der Waals surface area contributed by atoms with E-state index in [1.807, 2.05) is 0 Å². The van der Waals surface area contributed by atoms with Gasteiger partial charge >= 0.3 is 0 Å². The van der Waals surface area contributed by atoms with Gasteiger partial charge in [-0.1, -0.05) is 0 Å². The lowest BCUT2D eigenvalue weighted by molar-refractivity contribution is -0.113. The molecule has 4 nitrogen and oxygen atoms in total. The van der Waals surface area contributed by atoms with Gasteiger partial charge in [-0.05, 0) is 58.5 Å². The van der Waals surface area contributed by atoms with Crippen molar-refractivity contribution in [1.82, 2.24) is 9.80 Å². The van der Waals surface area contributed by atoms with Crippen molar-refractivity contribution >= 4 is 0 Å². The van der Waals surface area contributed by atoms with Gasteiger partial charge in [0, 0.05) is 32.8 Å². The zero-order chi connectivity index (χ0) is 14.7. The van der Waals surface area contributed by atoms with E-state index in [2.05, 4.69) is 23.9 Å². The first-order chi connectivity index (χ1) is 10.2. The van der Waals surface area contributed by atoms with Gasteiger partial charge in [0.1, 0.15) is 0 Å². The van der Waals surface area contributed by atoms with Crippen molar-refractivity contribution in [2.75, 3.05) is 46.9 Å². The third-order valence-electron chi connectivity index (χ3n) is 5.48. The van der Waals surface area contributed by atoms with Crippen LogP contribution in [0.5, 0.6) is 0 Å². The summed E-state index contributed by atoms with van der Waals surface area (Å²) < 4.78 is 12.3. The Morgan fingerprint density at radius 2 is 1.29 bits per heavy atom. The van der Waals surface area contributed by atoms with Gasteiger partial charge in [-0.2, -0.15) is 0 Å². The van der Waals surface area contributed by atoms with Gasteiger partial charge in [-0.15, -0.1) is 0 Å². The molecule has 0 aromatic carbocycles. The molecule has 3 rings (SSSR count). The summed E-state index contributed by atoms with van der Waals surface area (Å²) in [5, 5.41) is 0. The highest BCUT2D eigenvalue weighted by Gasteiger charge is 2.33. The minimum absolute atomic E-state index is 0.509. The molecule has 0 amide bonds. The van der Waals surface area contributed by atoms with Crippen molar-refractivity contribution in [3.8, 4) is 0 Å². The second kappa shape index (κ2) is 7.40. The smallest absolute Gasteiger partial charge is 0.0603 e. The molecule has 2 aliphatic heterocycles. The number of ether oxygens (including phenoxy) is 2. The third kappa shape index (κ3) is 4.65. The van der Waals surface area contributed by atoms with Gasteiger partial charge in [0.05, 0.1) is 18.3 Å². The highest BCUT2D eigenvalue weighted by Crippen LogP contribution is 2.33. The average molecular weight is 296 g/mol. The molecule has 2 saturated heterocycles. The average Bonchev–Trinajstić information content (AvgIpc) is 2.45. The molecule has 1 aliphatic carbocycles. The molecule has 4 heteroatoms.